The Kier molecular flexibility index (Phi) is 4.47. The summed E-state index contributed by atoms with van der Waals surface area (Å²) in [6.07, 6.45) is 2.40. The molecule has 0 amide bonds. The van der Waals surface area contributed by atoms with Crippen LogP contribution in [0.25, 0.3) is 0 Å². The second-order valence-electron chi connectivity index (χ2n) is 4.25. The van der Waals surface area contributed by atoms with Gasteiger partial charge in [0, 0.05) is 0 Å². The van der Waals surface area contributed by atoms with Gasteiger partial charge in [0.2, 0.25) is 0 Å². The summed E-state index contributed by atoms with van der Waals surface area (Å²) >= 11 is 0. The van der Waals surface area contributed by atoms with Crippen molar-refractivity contribution in [2.45, 2.75) is 33.6 Å². The number of nitrogen functional groups attached to an aromatic ring is 1. The van der Waals surface area contributed by atoms with Crippen LogP contribution in [-0.2, 0) is 0 Å². The van der Waals surface area contributed by atoms with Crippen LogP contribution < -0.4 is 10.5 Å². The highest BCUT2D eigenvalue weighted by Gasteiger charge is 2.04. The molecule has 0 aliphatic heterocycles. The van der Waals surface area contributed by atoms with Gasteiger partial charge >= 0.3 is 0 Å². The van der Waals surface area contributed by atoms with Gasteiger partial charge in [-0.2, -0.15) is 0 Å². The van der Waals surface area contributed by atoms with Crippen molar-refractivity contribution < 1.29 is 4.74 Å². The monoisotopic (exact) mass is 207 g/mol. The molecular formula is C13H21NO. The lowest BCUT2D eigenvalue weighted by Gasteiger charge is -2.13. The molecule has 84 valence electrons. The van der Waals surface area contributed by atoms with Gasteiger partial charge in [0.1, 0.15) is 5.75 Å². The van der Waals surface area contributed by atoms with Crippen molar-refractivity contribution in [1.29, 1.82) is 0 Å². The first-order valence-corrected chi connectivity index (χ1v) is 5.62. The molecule has 15 heavy (non-hydrogen) atoms. The molecule has 0 aromatic heterocycles. The summed E-state index contributed by atoms with van der Waals surface area (Å²) in [4.78, 5) is 0. The van der Waals surface area contributed by atoms with Crippen LogP contribution in [0.2, 0.25) is 0 Å². The number of nitrogens with two attached hydrogens (primary N) is 1. The number of benzene rings is 1. The first-order chi connectivity index (χ1) is 7.13. The largest absolute Gasteiger partial charge is 0.491 e. The molecule has 0 spiro atoms. The van der Waals surface area contributed by atoms with E-state index < -0.39 is 0 Å². The molecule has 1 atom stereocenters. The van der Waals surface area contributed by atoms with Crippen LogP contribution in [0.15, 0.2) is 18.2 Å². The summed E-state index contributed by atoms with van der Waals surface area (Å²) in [6.45, 7) is 7.19. The molecule has 2 heteroatoms. The van der Waals surface area contributed by atoms with Gasteiger partial charge in [-0.25, -0.2) is 0 Å². The smallest absolute Gasteiger partial charge is 0.142 e. The number of hydrogen-bond donors (Lipinski definition) is 1. The predicted octanol–water partition coefficient (Wildman–Crippen LogP) is 3.39. The quantitative estimate of drug-likeness (QED) is 0.751. The average molecular weight is 207 g/mol. The van der Waals surface area contributed by atoms with Crippen LogP contribution in [0.4, 0.5) is 5.69 Å². The molecule has 1 aromatic rings. The van der Waals surface area contributed by atoms with E-state index in [0.29, 0.717) is 5.92 Å². The van der Waals surface area contributed by atoms with Crippen molar-refractivity contribution in [3.8, 4) is 5.75 Å². The van der Waals surface area contributed by atoms with Gasteiger partial charge in [0.05, 0.1) is 12.3 Å². The van der Waals surface area contributed by atoms with E-state index in [-0.39, 0.29) is 0 Å². The lowest BCUT2D eigenvalue weighted by atomic mass is 10.1. The summed E-state index contributed by atoms with van der Waals surface area (Å²) in [6, 6.07) is 5.89. The number of ether oxygens (including phenoxy) is 1. The topological polar surface area (TPSA) is 35.2 Å². The minimum Gasteiger partial charge on any atom is -0.491 e. The van der Waals surface area contributed by atoms with Crippen molar-refractivity contribution in [3.05, 3.63) is 23.8 Å². The fraction of sp³-hybridized carbons (Fsp3) is 0.538. The van der Waals surface area contributed by atoms with E-state index in [1.54, 1.807) is 0 Å². The molecule has 0 bridgehead atoms. The number of hydrogen-bond acceptors (Lipinski definition) is 2. The Balaban J connectivity index is 2.53. The van der Waals surface area contributed by atoms with Gasteiger partial charge in [0.25, 0.3) is 0 Å². The van der Waals surface area contributed by atoms with Crippen LogP contribution in [-0.4, -0.2) is 6.61 Å². The highest BCUT2D eigenvalue weighted by atomic mass is 16.5. The second-order valence-corrected chi connectivity index (χ2v) is 4.25. The molecule has 1 aromatic carbocycles. The van der Waals surface area contributed by atoms with E-state index in [1.807, 2.05) is 25.1 Å². The fourth-order valence-electron chi connectivity index (χ4n) is 1.57. The molecule has 0 heterocycles. The van der Waals surface area contributed by atoms with Crippen molar-refractivity contribution in [3.63, 3.8) is 0 Å². The number of aryl methyl sites for hydroxylation is 1. The highest BCUT2D eigenvalue weighted by molar-refractivity contribution is 5.53. The third kappa shape index (κ3) is 3.82. The van der Waals surface area contributed by atoms with E-state index in [0.717, 1.165) is 18.0 Å². The lowest BCUT2D eigenvalue weighted by Crippen LogP contribution is -2.09. The Morgan fingerprint density at radius 1 is 1.40 bits per heavy atom. The Labute approximate surface area is 92.4 Å². The molecule has 0 aliphatic rings. The molecule has 2 nitrogen and oxygen atoms in total. The lowest BCUT2D eigenvalue weighted by molar-refractivity contribution is 0.252. The predicted molar refractivity (Wildman–Crippen MR) is 65.2 cm³/mol. The minimum absolute atomic E-state index is 0.593. The van der Waals surface area contributed by atoms with Crippen LogP contribution in [0, 0.1) is 12.8 Å². The molecule has 0 aliphatic carbocycles. The van der Waals surface area contributed by atoms with Crippen molar-refractivity contribution in [2.24, 2.45) is 5.92 Å². The highest BCUT2D eigenvalue weighted by Crippen LogP contribution is 2.23. The van der Waals surface area contributed by atoms with E-state index in [4.69, 9.17) is 10.5 Å². The third-order valence-electron chi connectivity index (χ3n) is 2.47. The normalized spacial score (nSPS) is 12.5. The maximum atomic E-state index is 5.82. The Morgan fingerprint density at radius 3 is 2.80 bits per heavy atom. The maximum Gasteiger partial charge on any atom is 0.142 e. The summed E-state index contributed by atoms with van der Waals surface area (Å²) < 4.78 is 5.71. The minimum atomic E-state index is 0.593. The summed E-state index contributed by atoms with van der Waals surface area (Å²) in [5.74, 6) is 1.41. The SMILES string of the molecule is CCC[C@@H](C)COc1cc(C)ccc1N. The zero-order valence-electron chi connectivity index (χ0n) is 9.92. The molecule has 2 N–H and O–H groups in total. The average Bonchev–Trinajstić information content (AvgIpc) is 2.20. The first-order valence-electron chi connectivity index (χ1n) is 5.62. The van der Waals surface area contributed by atoms with Gasteiger partial charge in [-0.1, -0.05) is 26.3 Å². The van der Waals surface area contributed by atoms with Crippen LogP contribution in [0.5, 0.6) is 5.75 Å². The molecule has 0 saturated carbocycles. The van der Waals surface area contributed by atoms with E-state index in [2.05, 4.69) is 13.8 Å². The third-order valence-corrected chi connectivity index (χ3v) is 2.47. The first kappa shape index (κ1) is 11.9. The van der Waals surface area contributed by atoms with Gasteiger partial charge in [-0.05, 0) is 37.0 Å². The van der Waals surface area contributed by atoms with Crippen molar-refractivity contribution in [2.75, 3.05) is 12.3 Å². The van der Waals surface area contributed by atoms with Crippen LogP contribution >= 0.6 is 0 Å². The Bertz CT molecular complexity index is 309. The summed E-state index contributed by atoms with van der Waals surface area (Å²) in [5.41, 5.74) is 7.73. The summed E-state index contributed by atoms with van der Waals surface area (Å²) in [7, 11) is 0. The van der Waals surface area contributed by atoms with Crippen LogP contribution in [0.3, 0.4) is 0 Å². The zero-order chi connectivity index (χ0) is 11.3. The molecular weight excluding hydrogens is 186 g/mol. The maximum absolute atomic E-state index is 5.82. The zero-order valence-corrected chi connectivity index (χ0v) is 9.92. The molecule has 0 radical (unpaired) electrons. The number of rotatable bonds is 5. The fourth-order valence-corrected chi connectivity index (χ4v) is 1.57. The Hall–Kier alpha value is -1.18. The van der Waals surface area contributed by atoms with Crippen molar-refractivity contribution in [1.82, 2.24) is 0 Å². The van der Waals surface area contributed by atoms with Gasteiger partial charge in [-0.3, -0.25) is 0 Å². The second kappa shape index (κ2) is 5.64. The number of anilines is 1. The van der Waals surface area contributed by atoms with Crippen LogP contribution in [0.1, 0.15) is 32.3 Å². The van der Waals surface area contributed by atoms with Gasteiger partial charge in [0.15, 0.2) is 0 Å². The van der Waals surface area contributed by atoms with Crippen molar-refractivity contribution >= 4 is 5.69 Å². The van der Waals surface area contributed by atoms with E-state index >= 15 is 0 Å². The van der Waals surface area contributed by atoms with Gasteiger partial charge in [-0.15, -0.1) is 0 Å². The standard InChI is InChI=1S/C13H21NO/c1-4-5-11(3)9-15-13-8-10(2)6-7-12(13)14/h6-8,11H,4-5,9,14H2,1-3H3/t11-/m1/s1. The molecule has 0 saturated heterocycles. The molecule has 0 fully saturated rings. The molecule has 0 unspecified atom stereocenters. The van der Waals surface area contributed by atoms with E-state index in [1.165, 1.54) is 18.4 Å². The summed E-state index contributed by atoms with van der Waals surface area (Å²) in [5, 5.41) is 0. The Morgan fingerprint density at radius 2 is 2.13 bits per heavy atom. The molecule has 1 rings (SSSR count). The van der Waals surface area contributed by atoms with E-state index in [9.17, 15) is 0 Å². The van der Waals surface area contributed by atoms with Gasteiger partial charge < -0.3 is 10.5 Å².